The van der Waals surface area contributed by atoms with Crippen molar-refractivity contribution >= 4 is 17.5 Å². The van der Waals surface area contributed by atoms with E-state index in [0.29, 0.717) is 17.3 Å². The Bertz CT molecular complexity index is 885. The minimum absolute atomic E-state index is 0.232. The number of carbonyl (C=O) groups excluding carboxylic acids is 1. The number of aromatic nitrogens is 2. The molecular formula is C18H18ClN3O3. The van der Waals surface area contributed by atoms with Crippen LogP contribution in [0.1, 0.15) is 27.6 Å². The number of nitrogens with zero attached hydrogens (tertiary/aromatic N) is 2. The molecule has 0 radical (unpaired) electrons. The lowest BCUT2D eigenvalue weighted by molar-refractivity contribution is 0.0918. The highest BCUT2D eigenvalue weighted by Crippen LogP contribution is 2.23. The molecule has 0 saturated heterocycles. The van der Waals surface area contributed by atoms with Gasteiger partial charge in [-0.1, -0.05) is 11.6 Å². The SMILES string of the molecule is Cc1cc(Cl)ccc1OCc1ccc(C(=O)NCc2ccn(C)n2)o1. The van der Waals surface area contributed by atoms with Crippen molar-refractivity contribution in [2.75, 3.05) is 0 Å². The van der Waals surface area contributed by atoms with Gasteiger partial charge in [0.15, 0.2) is 5.76 Å². The maximum Gasteiger partial charge on any atom is 0.287 e. The third-order valence-corrected chi connectivity index (χ3v) is 3.83. The number of furan rings is 1. The molecule has 0 aliphatic rings. The normalized spacial score (nSPS) is 10.7. The van der Waals surface area contributed by atoms with Gasteiger partial charge in [-0.2, -0.15) is 5.10 Å². The first-order valence-electron chi connectivity index (χ1n) is 7.75. The Morgan fingerprint density at radius 3 is 2.88 bits per heavy atom. The topological polar surface area (TPSA) is 69.3 Å². The van der Waals surface area contributed by atoms with Crippen LogP contribution in [-0.2, 0) is 20.2 Å². The number of nitrogens with one attached hydrogen (secondary N) is 1. The van der Waals surface area contributed by atoms with Gasteiger partial charge in [-0.3, -0.25) is 9.48 Å². The van der Waals surface area contributed by atoms with E-state index < -0.39 is 0 Å². The minimum Gasteiger partial charge on any atom is -0.485 e. The third kappa shape index (κ3) is 4.42. The summed E-state index contributed by atoms with van der Waals surface area (Å²) in [6, 6.07) is 10.6. The van der Waals surface area contributed by atoms with E-state index >= 15 is 0 Å². The molecule has 6 nitrogen and oxygen atoms in total. The fourth-order valence-corrected chi connectivity index (χ4v) is 2.54. The van der Waals surface area contributed by atoms with Gasteiger partial charge in [0.05, 0.1) is 12.2 Å². The largest absolute Gasteiger partial charge is 0.485 e. The minimum atomic E-state index is -0.292. The zero-order chi connectivity index (χ0) is 17.8. The summed E-state index contributed by atoms with van der Waals surface area (Å²) in [6.07, 6.45) is 1.82. The Kier molecular flexibility index (Phi) is 5.09. The van der Waals surface area contributed by atoms with Crippen LogP contribution in [0.25, 0.3) is 0 Å². The first kappa shape index (κ1) is 17.1. The zero-order valence-corrected chi connectivity index (χ0v) is 14.7. The van der Waals surface area contributed by atoms with E-state index in [2.05, 4.69) is 10.4 Å². The summed E-state index contributed by atoms with van der Waals surface area (Å²) >= 11 is 5.92. The van der Waals surface area contributed by atoms with Gasteiger partial charge in [-0.15, -0.1) is 0 Å². The summed E-state index contributed by atoms with van der Waals surface area (Å²) in [4.78, 5) is 12.1. The second-order valence-corrected chi connectivity index (χ2v) is 6.06. The maximum atomic E-state index is 12.1. The molecule has 0 atom stereocenters. The highest BCUT2D eigenvalue weighted by Gasteiger charge is 2.12. The summed E-state index contributed by atoms with van der Waals surface area (Å²) in [5.41, 5.74) is 1.72. The van der Waals surface area contributed by atoms with Crippen molar-refractivity contribution in [1.82, 2.24) is 15.1 Å². The number of hydrogen-bond donors (Lipinski definition) is 1. The molecule has 0 aliphatic heterocycles. The number of ether oxygens (including phenoxy) is 1. The molecule has 1 aromatic carbocycles. The van der Waals surface area contributed by atoms with E-state index in [9.17, 15) is 4.79 Å². The van der Waals surface area contributed by atoms with Crippen LogP contribution in [0.5, 0.6) is 5.75 Å². The van der Waals surface area contributed by atoms with E-state index in [0.717, 1.165) is 17.0 Å². The van der Waals surface area contributed by atoms with Crippen LogP contribution < -0.4 is 10.1 Å². The Balaban J connectivity index is 1.55. The average molecular weight is 360 g/mol. The Hall–Kier alpha value is -2.73. The summed E-state index contributed by atoms with van der Waals surface area (Å²) in [6.45, 7) is 2.49. The average Bonchev–Trinajstić information content (AvgIpc) is 3.21. The Morgan fingerprint density at radius 1 is 1.32 bits per heavy atom. The number of halogens is 1. The van der Waals surface area contributed by atoms with Crippen LogP contribution in [0.15, 0.2) is 47.0 Å². The van der Waals surface area contributed by atoms with Gasteiger partial charge in [0.25, 0.3) is 5.91 Å². The first-order chi connectivity index (χ1) is 12.0. The molecule has 3 rings (SSSR count). The number of hydrogen-bond acceptors (Lipinski definition) is 4. The van der Waals surface area contributed by atoms with Gasteiger partial charge < -0.3 is 14.5 Å². The van der Waals surface area contributed by atoms with Crippen LogP contribution in [0.2, 0.25) is 5.02 Å². The van der Waals surface area contributed by atoms with Crippen LogP contribution in [0.3, 0.4) is 0 Å². The van der Waals surface area contributed by atoms with Crippen molar-refractivity contribution in [1.29, 1.82) is 0 Å². The summed E-state index contributed by atoms with van der Waals surface area (Å²) in [7, 11) is 1.83. The van der Waals surface area contributed by atoms with Gasteiger partial charge in [-0.05, 0) is 48.9 Å². The predicted octanol–water partition coefficient (Wildman–Crippen LogP) is 3.48. The van der Waals surface area contributed by atoms with Gasteiger partial charge in [-0.25, -0.2) is 0 Å². The standard InChI is InChI=1S/C18H18ClN3O3/c1-12-9-13(19)3-5-16(12)24-11-15-4-6-17(25-15)18(23)20-10-14-7-8-22(2)21-14/h3-9H,10-11H2,1-2H3,(H,20,23). The predicted molar refractivity (Wildman–Crippen MR) is 93.6 cm³/mol. The molecule has 0 bridgehead atoms. The first-order valence-corrected chi connectivity index (χ1v) is 8.13. The second-order valence-electron chi connectivity index (χ2n) is 5.63. The van der Waals surface area contributed by atoms with Crippen LogP contribution in [0, 0.1) is 6.92 Å². The quantitative estimate of drug-likeness (QED) is 0.731. The molecule has 0 spiro atoms. The molecule has 0 unspecified atom stereocenters. The highest BCUT2D eigenvalue weighted by atomic mass is 35.5. The Morgan fingerprint density at radius 2 is 2.16 bits per heavy atom. The van der Waals surface area contributed by atoms with Crippen molar-refractivity contribution in [3.63, 3.8) is 0 Å². The number of benzene rings is 1. The number of rotatable bonds is 6. The van der Waals surface area contributed by atoms with Crippen molar-refractivity contribution < 1.29 is 13.9 Å². The molecule has 0 aliphatic carbocycles. The molecule has 0 saturated carbocycles. The van der Waals surface area contributed by atoms with Crippen molar-refractivity contribution in [3.8, 4) is 5.75 Å². The molecule has 1 N–H and O–H groups in total. The monoisotopic (exact) mass is 359 g/mol. The lowest BCUT2D eigenvalue weighted by atomic mass is 10.2. The van der Waals surface area contributed by atoms with E-state index in [1.165, 1.54) is 0 Å². The van der Waals surface area contributed by atoms with Crippen molar-refractivity contribution in [2.45, 2.75) is 20.1 Å². The molecule has 2 aromatic heterocycles. The fraction of sp³-hybridized carbons (Fsp3) is 0.222. The molecule has 7 heteroatoms. The van der Waals surface area contributed by atoms with Gasteiger partial charge in [0.2, 0.25) is 0 Å². The summed E-state index contributed by atoms with van der Waals surface area (Å²) in [5, 5.41) is 7.63. The van der Waals surface area contributed by atoms with Crippen molar-refractivity contribution in [3.05, 3.63) is 70.4 Å². The zero-order valence-electron chi connectivity index (χ0n) is 14.0. The van der Waals surface area contributed by atoms with Crippen LogP contribution in [0.4, 0.5) is 0 Å². The smallest absolute Gasteiger partial charge is 0.287 e. The van der Waals surface area contributed by atoms with E-state index in [-0.39, 0.29) is 18.3 Å². The summed E-state index contributed by atoms with van der Waals surface area (Å²) in [5.74, 6) is 1.24. The van der Waals surface area contributed by atoms with Gasteiger partial charge in [0, 0.05) is 18.3 Å². The Labute approximate surface area is 150 Å². The fourth-order valence-electron chi connectivity index (χ4n) is 2.32. The number of carbonyl (C=O) groups is 1. The van der Waals surface area contributed by atoms with E-state index in [1.807, 2.05) is 32.3 Å². The molecule has 0 fully saturated rings. The second kappa shape index (κ2) is 7.44. The van der Waals surface area contributed by atoms with E-state index in [4.69, 9.17) is 20.8 Å². The van der Waals surface area contributed by atoms with Gasteiger partial charge >= 0.3 is 0 Å². The van der Waals surface area contributed by atoms with Crippen molar-refractivity contribution in [2.24, 2.45) is 7.05 Å². The molecule has 3 aromatic rings. The molecule has 2 heterocycles. The highest BCUT2D eigenvalue weighted by molar-refractivity contribution is 6.30. The maximum absolute atomic E-state index is 12.1. The van der Waals surface area contributed by atoms with Gasteiger partial charge in [0.1, 0.15) is 18.1 Å². The lowest BCUT2D eigenvalue weighted by Gasteiger charge is -2.07. The number of aryl methyl sites for hydroxylation is 2. The summed E-state index contributed by atoms with van der Waals surface area (Å²) < 4.78 is 12.9. The molecular weight excluding hydrogens is 342 g/mol. The third-order valence-electron chi connectivity index (χ3n) is 3.59. The molecule has 130 valence electrons. The number of amides is 1. The van der Waals surface area contributed by atoms with Crippen LogP contribution >= 0.6 is 11.6 Å². The van der Waals surface area contributed by atoms with E-state index in [1.54, 1.807) is 28.9 Å². The molecule has 25 heavy (non-hydrogen) atoms. The molecule has 1 amide bonds. The lowest BCUT2D eigenvalue weighted by Crippen LogP contribution is -2.22. The van der Waals surface area contributed by atoms with Crippen LogP contribution in [-0.4, -0.2) is 15.7 Å².